The van der Waals surface area contributed by atoms with Crippen molar-refractivity contribution in [1.82, 2.24) is 4.98 Å². The molecule has 0 N–H and O–H groups in total. The topological polar surface area (TPSA) is 39.2 Å². The summed E-state index contributed by atoms with van der Waals surface area (Å²) in [6.07, 6.45) is 3.66. The minimum atomic E-state index is 0.0820. The molecule has 0 aliphatic heterocycles. The molecule has 0 amide bonds. The fraction of sp³-hybridized carbons (Fsp3) is 0.143. The van der Waals surface area contributed by atoms with Crippen LogP contribution in [0.25, 0.3) is 0 Å². The van der Waals surface area contributed by atoms with Crippen molar-refractivity contribution >= 4 is 21.7 Å². The van der Waals surface area contributed by atoms with Crippen molar-refractivity contribution in [3.63, 3.8) is 0 Å². The highest BCUT2D eigenvalue weighted by Crippen LogP contribution is 2.16. The van der Waals surface area contributed by atoms with Gasteiger partial charge in [0.15, 0.2) is 5.78 Å². The first-order valence-corrected chi connectivity index (χ1v) is 6.36. The first-order chi connectivity index (χ1) is 8.75. The van der Waals surface area contributed by atoms with Gasteiger partial charge in [-0.3, -0.25) is 9.78 Å². The molecular formula is C14H12BrNO2. The Morgan fingerprint density at radius 2 is 2.00 bits per heavy atom. The predicted molar refractivity (Wildman–Crippen MR) is 72.8 cm³/mol. The number of pyridine rings is 1. The molecule has 1 aromatic heterocycles. The normalized spacial score (nSPS) is 10.1. The van der Waals surface area contributed by atoms with Gasteiger partial charge in [0.25, 0.3) is 0 Å². The Balaban J connectivity index is 1.84. The molecule has 1 heterocycles. The molecule has 18 heavy (non-hydrogen) atoms. The highest BCUT2D eigenvalue weighted by Gasteiger charge is 2.05. The van der Waals surface area contributed by atoms with E-state index < -0.39 is 0 Å². The number of nitrogens with zero attached hydrogens (tertiary/aromatic N) is 1. The SMILES string of the molecule is O=C(CCOc1cncc(Br)c1)c1ccccc1. The average Bonchev–Trinajstić information content (AvgIpc) is 2.40. The molecule has 0 fully saturated rings. The molecule has 1 aromatic carbocycles. The maximum atomic E-state index is 11.8. The molecule has 0 aliphatic carbocycles. The Labute approximate surface area is 114 Å². The maximum Gasteiger partial charge on any atom is 0.166 e. The van der Waals surface area contributed by atoms with Gasteiger partial charge in [0.2, 0.25) is 0 Å². The van der Waals surface area contributed by atoms with E-state index in [0.717, 1.165) is 4.47 Å². The summed E-state index contributed by atoms with van der Waals surface area (Å²) in [6, 6.07) is 11.0. The quantitative estimate of drug-likeness (QED) is 0.794. The number of ether oxygens (including phenoxy) is 1. The van der Waals surface area contributed by atoms with E-state index in [1.54, 1.807) is 12.4 Å². The number of halogens is 1. The van der Waals surface area contributed by atoms with Crippen LogP contribution in [0.1, 0.15) is 16.8 Å². The molecular weight excluding hydrogens is 294 g/mol. The van der Waals surface area contributed by atoms with Gasteiger partial charge in [0, 0.05) is 22.7 Å². The summed E-state index contributed by atoms with van der Waals surface area (Å²) in [6.45, 7) is 0.353. The fourth-order valence-electron chi connectivity index (χ4n) is 1.50. The second-order valence-corrected chi connectivity index (χ2v) is 4.64. The van der Waals surface area contributed by atoms with Gasteiger partial charge < -0.3 is 4.74 Å². The Hall–Kier alpha value is -1.68. The number of benzene rings is 1. The van der Waals surface area contributed by atoms with Crippen LogP contribution in [-0.4, -0.2) is 17.4 Å². The van der Waals surface area contributed by atoms with E-state index >= 15 is 0 Å². The first kappa shape index (κ1) is 12.8. The second kappa shape index (κ2) is 6.31. The third kappa shape index (κ3) is 3.67. The number of hydrogen-bond acceptors (Lipinski definition) is 3. The van der Waals surface area contributed by atoms with Crippen LogP contribution in [0.3, 0.4) is 0 Å². The molecule has 0 spiro atoms. The van der Waals surface area contributed by atoms with Crippen LogP contribution in [-0.2, 0) is 0 Å². The van der Waals surface area contributed by atoms with Crippen molar-refractivity contribution in [2.24, 2.45) is 0 Å². The van der Waals surface area contributed by atoms with Crippen molar-refractivity contribution < 1.29 is 9.53 Å². The molecule has 0 radical (unpaired) electrons. The zero-order chi connectivity index (χ0) is 12.8. The molecule has 0 unspecified atom stereocenters. The minimum Gasteiger partial charge on any atom is -0.491 e. The molecule has 0 bridgehead atoms. The highest BCUT2D eigenvalue weighted by molar-refractivity contribution is 9.10. The van der Waals surface area contributed by atoms with E-state index in [4.69, 9.17) is 4.74 Å². The number of carbonyl (C=O) groups is 1. The lowest BCUT2D eigenvalue weighted by Crippen LogP contribution is -2.06. The van der Waals surface area contributed by atoms with Gasteiger partial charge in [-0.05, 0) is 22.0 Å². The van der Waals surface area contributed by atoms with Gasteiger partial charge in [-0.2, -0.15) is 0 Å². The Kier molecular flexibility index (Phi) is 4.47. The Morgan fingerprint density at radius 1 is 1.22 bits per heavy atom. The van der Waals surface area contributed by atoms with Crippen LogP contribution in [0.4, 0.5) is 0 Å². The van der Waals surface area contributed by atoms with Crippen molar-refractivity contribution in [3.05, 3.63) is 58.8 Å². The third-order valence-corrected chi connectivity index (χ3v) is 2.81. The van der Waals surface area contributed by atoms with Gasteiger partial charge in [-0.25, -0.2) is 0 Å². The summed E-state index contributed by atoms with van der Waals surface area (Å²) in [5, 5.41) is 0. The van der Waals surface area contributed by atoms with Crippen LogP contribution < -0.4 is 4.74 Å². The predicted octanol–water partition coefficient (Wildman–Crippen LogP) is 3.50. The maximum absolute atomic E-state index is 11.8. The van der Waals surface area contributed by atoms with E-state index in [1.807, 2.05) is 36.4 Å². The first-order valence-electron chi connectivity index (χ1n) is 5.57. The van der Waals surface area contributed by atoms with Gasteiger partial charge in [0.05, 0.1) is 12.8 Å². The molecule has 0 aliphatic rings. The van der Waals surface area contributed by atoms with Crippen LogP contribution in [0.5, 0.6) is 5.75 Å². The summed E-state index contributed by atoms with van der Waals surface area (Å²) >= 11 is 3.31. The summed E-state index contributed by atoms with van der Waals surface area (Å²) < 4.78 is 6.32. The summed E-state index contributed by atoms with van der Waals surface area (Å²) in [7, 11) is 0. The number of ketones is 1. The molecule has 0 atom stereocenters. The summed E-state index contributed by atoms with van der Waals surface area (Å²) in [5.41, 5.74) is 0.716. The zero-order valence-corrected chi connectivity index (χ0v) is 11.3. The lowest BCUT2D eigenvalue weighted by molar-refractivity contribution is 0.0962. The summed E-state index contributed by atoms with van der Waals surface area (Å²) in [5.74, 6) is 0.740. The lowest BCUT2D eigenvalue weighted by Gasteiger charge is -2.05. The third-order valence-electron chi connectivity index (χ3n) is 2.37. The number of aromatic nitrogens is 1. The molecule has 4 heteroatoms. The van der Waals surface area contributed by atoms with Crippen molar-refractivity contribution in [2.75, 3.05) is 6.61 Å². The van der Waals surface area contributed by atoms with Crippen molar-refractivity contribution in [2.45, 2.75) is 6.42 Å². The molecule has 0 saturated heterocycles. The number of rotatable bonds is 5. The van der Waals surface area contributed by atoms with Crippen LogP contribution in [0.15, 0.2) is 53.3 Å². The van der Waals surface area contributed by atoms with E-state index in [9.17, 15) is 4.79 Å². The minimum absolute atomic E-state index is 0.0820. The lowest BCUT2D eigenvalue weighted by atomic mass is 10.1. The van der Waals surface area contributed by atoms with Crippen molar-refractivity contribution in [3.8, 4) is 5.75 Å². The van der Waals surface area contributed by atoms with Crippen LogP contribution in [0, 0.1) is 0 Å². The van der Waals surface area contributed by atoms with Crippen molar-refractivity contribution in [1.29, 1.82) is 0 Å². The zero-order valence-electron chi connectivity index (χ0n) is 9.67. The Bertz CT molecular complexity index is 528. The standard InChI is InChI=1S/C14H12BrNO2/c15-12-8-13(10-16-9-12)18-7-6-14(17)11-4-2-1-3-5-11/h1-5,8-10H,6-7H2. The molecule has 2 aromatic rings. The van der Waals surface area contributed by atoms with Crippen LogP contribution >= 0.6 is 15.9 Å². The van der Waals surface area contributed by atoms with E-state index in [0.29, 0.717) is 24.3 Å². The number of hydrogen-bond donors (Lipinski definition) is 0. The molecule has 0 saturated carbocycles. The van der Waals surface area contributed by atoms with Gasteiger partial charge >= 0.3 is 0 Å². The number of Topliss-reactive ketones (excluding diaryl/α,β-unsaturated/α-hetero) is 1. The molecule has 3 nitrogen and oxygen atoms in total. The van der Waals surface area contributed by atoms with E-state index in [1.165, 1.54) is 0 Å². The average molecular weight is 306 g/mol. The van der Waals surface area contributed by atoms with Crippen LogP contribution in [0.2, 0.25) is 0 Å². The molecule has 2 rings (SSSR count). The number of carbonyl (C=O) groups excluding carboxylic acids is 1. The smallest absolute Gasteiger partial charge is 0.166 e. The largest absolute Gasteiger partial charge is 0.491 e. The Morgan fingerprint density at radius 3 is 2.72 bits per heavy atom. The fourth-order valence-corrected chi connectivity index (χ4v) is 1.85. The van der Waals surface area contributed by atoms with E-state index in [-0.39, 0.29) is 5.78 Å². The van der Waals surface area contributed by atoms with Gasteiger partial charge in [-0.1, -0.05) is 30.3 Å². The highest BCUT2D eigenvalue weighted by atomic mass is 79.9. The molecule has 92 valence electrons. The van der Waals surface area contributed by atoms with E-state index in [2.05, 4.69) is 20.9 Å². The summed E-state index contributed by atoms with van der Waals surface area (Å²) in [4.78, 5) is 15.8. The monoisotopic (exact) mass is 305 g/mol. The second-order valence-electron chi connectivity index (χ2n) is 3.73. The van der Waals surface area contributed by atoms with Gasteiger partial charge in [-0.15, -0.1) is 0 Å². The van der Waals surface area contributed by atoms with Gasteiger partial charge in [0.1, 0.15) is 5.75 Å².